The number of hydrogen-bond acceptors (Lipinski definition) is 1. The zero-order valence-electron chi connectivity index (χ0n) is 14.8. The maximum atomic E-state index is 14.8. The quantitative estimate of drug-likeness (QED) is 0.431. The van der Waals surface area contributed by atoms with E-state index in [4.69, 9.17) is 0 Å². The van der Waals surface area contributed by atoms with Crippen LogP contribution >= 0.6 is 0 Å². The van der Waals surface area contributed by atoms with Gasteiger partial charge in [0.05, 0.1) is 11.2 Å². The summed E-state index contributed by atoms with van der Waals surface area (Å²) < 4.78 is 14.8. The molecule has 27 heavy (non-hydrogen) atoms. The normalized spacial score (nSPS) is 12.1. The molecule has 0 unspecified atom stereocenters. The van der Waals surface area contributed by atoms with Gasteiger partial charge in [0, 0.05) is 30.0 Å². The predicted molar refractivity (Wildman–Crippen MR) is 106 cm³/mol. The fraction of sp³-hybridized carbons (Fsp3) is 0.0870. The van der Waals surface area contributed by atoms with Gasteiger partial charge >= 0.3 is 0 Å². The second-order valence-electron chi connectivity index (χ2n) is 6.96. The second kappa shape index (κ2) is 5.81. The number of aromatic nitrogens is 1. The first-order valence-corrected chi connectivity index (χ1v) is 8.90. The Kier molecular flexibility index (Phi) is 3.41. The Hall–Kier alpha value is -3.40. The third kappa shape index (κ3) is 2.53. The largest absolute Gasteiger partial charge is 0.352 e. The van der Waals surface area contributed by atoms with Crippen LogP contribution in [0.2, 0.25) is 0 Å². The molecule has 5 rings (SSSR count). The van der Waals surface area contributed by atoms with Crippen LogP contribution in [0.1, 0.15) is 18.1 Å². The molecular formula is C23H17FN2O. The molecule has 4 aromatic rings. The molecule has 0 fully saturated rings. The van der Waals surface area contributed by atoms with Crippen LogP contribution in [0.3, 0.4) is 0 Å². The van der Waals surface area contributed by atoms with Gasteiger partial charge in [-0.1, -0.05) is 36.4 Å². The molecule has 0 aliphatic heterocycles. The van der Waals surface area contributed by atoms with E-state index in [-0.39, 0.29) is 11.7 Å². The highest BCUT2D eigenvalue weighted by Crippen LogP contribution is 2.43. The number of nitrogens with one attached hydrogen (secondary N) is 2. The Balaban J connectivity index is 1.65. The number of anilines is 1. The number of carbonyl (C=O) groups is 1. The first-order valence-electron chi connectivity index (χ1n) is 8.90. The van der Waals surface area contributed by atoms with Gasteiger partial charge in [0.25, 0.3) is 0 Å². The molecule has 3 aromatic carbocycles. The van der Waals surface area contributed by atoms with Crippen molar-refractivity contribution in [3.63, 3.8) is 0 Å². The molecule has 0 radical (unpaired) electrons. The minimum absolute atomic E-state index is 0.0912. The Labute approximate surface area is 155 Å². The van der Waals surface area contributed by atoms with Crippen molar-refractivity contribution < 1.29 is 9.18 Å². The lowest BCUT2D eigenvalue weighted by atomic mass is 10.0. The fourth-order valence-corrected chi connectivity index (χ4v) is 3.97. The van der Waals surface area contributed by atoms with Crippen molar-refractivity contribution in [2.45, 2.75) is 13.3 Å². The number of fused-ring (bicyclic) bond motifs is 5. The van der Waals surface area contributed by atoms with E-state index in [1.54, 1.807) is 6.07 Å². The number of H-pyrrole nitrogens is 1. The molecule has 0 atom stereocenters. The van der Waals surface area contributed by atoms with E-state index in [0.717, 1.165) is 51.0 Å². The number of hydrogen-bond donors (Lipinski definition) is 2. The molecule has 0 bridgehead atoms. The third-order valence-corrected chi connectivity index (χ3v) is 5.14. The molecule has 1 aromatic heterocycles. The molecule has 132 valence electrons. The fourth-order valence-electron chi connectivity index (χ4n) is 3.97. The van der Waals surface area contributed by atoms with Gasteiger partial charge in [-0.3, -0.25) is 4.79 Å². The van der Waals surface area contributed by atoms with E-state index in [0.29, 0.717) is 5.52 Å². The van der Waals surface area contributed by atoms with Crippen molar-refractivity contribution in [3.05, 3.63) is 77.6 Å². The molecule has 1 heterocycles. The van der Waals surface area contributed by atoms with Gasteiger partial charge in [0.2, 0.25) is 5.91 Å². The summed E-state index contributed by atoms with van der Waals surface area (Å²) in [4.78, 5) is 14.6. The van der Waals surface area contributed by atoms with Crippen LogP contribution in [0.5, 0.6) is 0 Å². The molecule has 1 aliphatic rings. The lowest BCUT2D eigenvalue weighted by Gasteiger charge is -2.06. The lowest BCUT2D eigenvalue weighted by molar-refractivity contribution is -0.114. The van der Waals surface area contributed by atoms with Crippen LogP contribution in [-0.2, 0) is 11.2 Å². The van der Waals surface area contributed by atoms with E-state index in [1.165, 1.54) is 6.92 Å². The first kappa shape index (κ1) is 15.8. The van der Waals surface area contributed by atoms with Gasteiger partial charge < -0.3 is 10.3 Å². The monoisotopic (exact) mass is 356 g/mol. The number of halogens is 1. The van der Waals surface area contributed by atoms with Gasteiger partial charge in [0.1, 0.15) is 5.82 Å². The second-order valence-corrected chi connectivity index (χ2v) is 6.96. The molecule has 2 N–H and O–H groups in total. The number of carbonyl (C=O) groups excluding carboxylic acids is 1. The number of rotatable bonds is 2. The number of aromatic amines is 1. The summed E-state index contributed by atoms with van der Waals surface area (Å²) in [5.74, 6) is -0.330. The van der Waals surface area contributed by atoms with E-state index in [9.17, 15) is 9.18 Å². The number of benzene rings is 3. The summed E-state index contributed by atoms with van der Waals surface area (Å²) >= 11 is 0. The summed E-state index contributed by atoms with van der Waals surface area (Å²) in [7, 11) is 0. The first-order chi connectivity index (χ1) is 13.1. The van der Waals surface area contributed by atoms with E-state index in [2.05, 4.69) is 16.4 Å². The summed E-state index contributed by atoms with van der Waals surface area (Å²) in [5, 5.41) is 3.74. The summed E-state index contributed by atoms with van der Waals surface area (Å²) in [6.45, 7) is 1.50. The van der Waals surface area contributed by atoms with Gasteiger partial charge in [-0.25, -0.2) is 4.39 Å². The molecular weight excluding hydrogens is 339 g/mol. The molecule has 1 aliphatic carbocycles. The van der Waals surface area contributed by atoms with E-state index < -0.39 is 0 Å². The average molecular weight is 356 g/mol. The molecule has 0 saturated heterocycles. The van der Waals surface area contributed by atoms with Crippen molar-refractivity contribution in [1.29, 1.82) is 0 Å². The van der Waals surface area contributed by atoms with Crippen LogP contribution in [0.4, 0.5) is 10.1 Å². The van der Waals surface area contributed by atoms with Crippen molar-refractivity contribution in [2.75, 3.05) is 5.32 Å². The molecule has 3 nitrogen and oxygen atoms in total. The van der Waals surface area contributed by atoms with Gasteiger partial charge in [0.15, 0.2) is 0 Å². The average Bonchev–Trinajstić information content (AvgIpc) is 3.18. The van der Waals surface area contributed by atoms with Gasteiger partial charge in [-0.2, -0.15) is 0 Å². The summed E-state index contributed by atoms with van der Waals surface area (Å²) in [5.41, 5.74) is 7.48. The van der Waals surface area contributed by atoms with E-state index >= 15 is 0 Å². The zero-order chi connectivity index (χ0) is 18.5. The molecule has 0 spiro atoms. The predicted octanol–water partition coefficient (Wildman–Crippen LogP) is 5.50. The Morgan fingerprint density at radius 1 is 1.04 bits per heavy atom. The Morgan fingerprint density at radius 2 is 1.85 bits per heavy atom. The van der Waals surface area contributed by atoms with Crippen molar-refractivity contribution in [3.8, 4) is 22.4 Å². The molecule has 0 saturated carbocycles. The maximum absolute atomic E-state index is 14.8. The summed E-state index contributed by atoms with van der Waals surface area (Å²) in [6.07, 6.45) is 0.718. The van der Waals surface area contributed by atoms with Crippen LogP contribution in [0, 0.1) is 5.82 Å². The van der Waals surface area contributed by atoms with Crippen LogP contribution in [0.15, 0.2) is 60.7 Å². The number of amides is 1. The highest BCUT2D eigenvalue weighted by Gasteiger charge is 2.25. The zero-order valence-corrected chi connectivity index (χ0v) is 14.8. The van der Waals surface area contributed by atoms with Crippen molar-refractivity contribution in [2.24, 2.45) is 0 Å². The molecule has 4 heteroatoms. The smallest absolute Gasteiger partial charge is 0.221 e. The third-order valence-electron chi connectivity index (χ3n) is 5.14. The minimum atomic E-state index is -0.239. The Morgan fingerprint density at radius 3 is 2.63 bits per heavy atom. The standard InChI is InChI=1S/C23H17FN2O/c1-13(27)25-17-7-8-18-16(9-17)11-19-20-10-15(14-5-3-2-4-6-14)12-21(24)23(20)26-22(18)19/h2-10,12,26H,11H2,1H3,(H,25,27). The van der Waals surface area contributed by atoms with Crippen molar-refractivity contribution in [1.82, 2.24) is 4.98 Å². The van der Waals surface area contributed by atoms with E-state index in [1.807, 2.05) is 48.5 Å². The van der Waals surface area contributed by atoms with Crippen LogP contribution in [0.25, 0.3) is 33.3 Å². The topological polar surface area (TPSA) is 44.9 Å². The van der Waals surface area contributed by atoms with Crippen LogP contribution < -0.4 is 5.32 Å². The SMILES string of the molecule is CC(=O)Nc1ccc2c(c1)Cc1c-2[nH]c2c(F)cc(-c3ccccc3)cc12. The highest BCUT2D eigenvalue weighted by atomic mass is 19.1. The highest BCUT2D eigenvalue weighted by molar-refractivity contribution is 5.98. The van der Waals surface area contributed by atoms with Gasteiger partial charge in [-0.15, -0.1) is 0 Å². The van der Waals surface area contributed by atoms with Gasteiger partial charge in [-0.05, 0) is 46.5 Å². The van der Waals surface area contributed by atoms with Crippen molar-refractivity contribution >= 4 is 22.5 Å². The van der Waals surface area contributed by atoms with Crippen LogP contribution in [-0.4, -0.2) is 10.9 Å². The maximum Gasteiger partial charge on any atom is 0.221 e. The lowest BCUT2D eigenvalue weighted by Crippen LogP contribution is -2.05. The minimum Gasteiger partial charge on any atom is -0.352 e. The molecule has 1 amide bonds. The Bertz CT molecular complexity index is 1210. The summed E-state index contributed by atoms with van der Waals surface area (Å²) in [6, 6.07) is 19.3.